The highest BCUT2D eigenvalue weighted by Crippen LogP contribution is 2.46. The lowest BCUT2D eigenvalue weighted by Crippen LogP contribution is -2.41. The first kappa shape index (κ1) is 27.1. The minimum absolute atomic E-state index is 0.0518. The third-order valence-electron chi connectivity index (χ3n) is 10.4. The van der Waals surface area contributed by atoms with Crippen LogP contribution in [0.1, 0.15) is 81.8 Å². The van der Waals surface area contributed by atoms with Gasteiger partial charge < -0.3 is 4.98 Å². The fraction of sp³-hybridized carbons (Fsp3) is 0.395. The van der Waals surface area contributed by atoms with Gasteiger partial charge in [-0.25, -0.2) is 0 Å². The van der Waals surface area contributed by atoms with Crippen molar-refractivity contribution >= 4 is 33.9 Å². The molecule has 214 valence electrons. The third-order valence-corrected chi connectivity index (χ3v) is 10.4. The summed E-state index contributed by atoms with van der Waals surface area (Å²) in [6.45, 7) is 3.27. The number of allylic oxidation sites excluding steroid dienone is 6. The molecule has 1 aliphatic heterocycles. The number of hydrogen-bond acceptors (Lipinski definition) is 2. The van der Waals surface area contributed by atoms with Crippen LogP contribution in [0, 0.1) is 11.8 Å². The molecule has 2 aromatic carbocycles. The van der Waals surface area contributed by atoms with Crippen LogP contribution in [-0.2, 0) is 15.0 Å². The Morgan fingerprint density at radius 2 is 1.67 bits per heavy atom. The van der Waals surface area contributed by atoms with Crippen molar-refractivity contribution in [2.24, 2.45) is 11.8 Å². The van der Waals surface area contributed by atoms with Gasteiger partial charge in [0.2, 0.25) is 5.69 Å². The number of rotatable bonds is 9. The fourth-order valence-corrected chi connectivity index (χ4v) is 8.00. The first-order valence-electron chi connectivity index (χ1n) is 16.0. The van der Waals surface area contributed by atoms with Crippen LogP contribution in [0.4, 0.5) is 5.69 Å². The maximum Gasteiger partial charge on any atom is 0.209 e. The van der Waals surface area contributed by atoms with Gasteiger partial charge in [-0.2, -0.15) is 4.58 Å². The molecular weight excluding hydrogens is 516 g/mol. The fourth-order valence-electron chi connectivity index (χ4n) is 8.00. The first-order chi connectivity index (χ1) is 20.5. The van der Waals surface area contributed by atoms with E-state index in [2.05, 4.69) is 65.1 Å². The van der Waals surface area contributed by atoms with Crippen molar-refractivity contribution in [2.75, 3.05) is 6.54 Å². The predicted molar refractivity (Wildman–Crippen MR) is 170 cm³/mol. The van der Waals surface area contributed by atoms with E-state index in [0.29, 0.717) is 11.5 Å². The minimum atomic E-state index is -0.709. The Bertz CT molecular complexity index is 1630. The summed E-state index contributed by atoms with van der Waals surface area (Å²) in [5.74, 6) is 0.444. The number of nitrogens with zero attached hydrogens (tertiary/aromatic N) is 1. The number of carbonyl (C=O) groups is 2. The second-order valence-corrected chi connectivity index (χ2v) is 13.0. The standard InChI is InChI=1S/C38H40N2O2/c1-38(22-11-16-26-14-5-6-15-26)31-18-8-10-20-33(31)40(23-21-27-12-3-2-4-13-27)34(38)24-29-36(41)35(37(29)42)30-25-39-32-19-9-7-17-28(30)32/h5-10,14-15,17-20,24-27,35H,2-4,11-13,16,21-23H2,1H3/p+1. The molecule has 3 aromatic rings. The van der Waals surface area contributed by atoms with Gasteiger partial charge in [-0.1, -0.05) is 99.2 Å². The molecule has 1 aromatic heterocycles. The van der Waals surface area contributed by atoms with Crippen molar-refractivity contribution in [2.45, 2.75) is 76.0 Å². The number of aromatic amines is 1. The lowest BCUT2D eigenvalue weighted by molar-refractivity contribution is -0.440. The second kappa shape index (κ2) is 11.1. The largest absolute Gasteiger partial charge is 0.361 e. The highest BCUT2D eigenvalue weighted by Gasteiger charge is 2.51. The van der Waals surface area contributed by atoms with E-state index in [4.69, 9.17) is 0 Å². The monoisotopic (exact) mass is 557 g/mol. The molecule has 4 aliphatic rings. The highest BCUT2D eigenvalue weighted by molar-refractivity contribution is 6.43. The molecule has 0 radical (unpaired) electrons. The van der Waals surface area contributed by atoms with Gasteiger partial charge in [0, 0.05) is 41.2 Å². The molecule has 0 saturated heterocycles. The number of carbonyl (C=O) groups excluding carboxylic acids is 2. The van der Waals surface area contributed by atoms with E-state index < -0.39 is 5.92 Å². The van der Waals surface area contributed by atoms with E-state index in [0.717, 1.165) is 60.3 Å². The summed E-state index contributed by atoms with van der Waals surface area (Å²) in [5.41, 5.74) is 5.57. The summed E-state index contributed by atoms with van der Waals surface area (Å²) in [4.78, 5) is 30.7. The van der Waals surface area contributed by atoms with E-state index >= 15 is 0 Å². The van der Waals surface area contributed by atoms with E-state index in [9.17, 15) is 9.59 Å². The third kappa shape index (κ3) is 4.65. The quantitative estimate of drug-likeness (QED) is 0.125. The number of para-hydroxylation sites is 2. The van der Waals surface area contributed by atoms with Crippen molar-refractivity contribution in [1.29, 1.82) is 0 Å². The molecule has 4 heteroatoms. The van der Waals surface area contributed by atoms with E-state index in [1.807, 2.05) is 36.5 Å². The molecule has 0 bridgehead atoms. The minimum Gasteiger partial charge on any atom is -0.361 e. The van der Waals surface area contributed by atoms with E-state index in [1.165, 1.54) is 43.4 Å². The second-order valence-electron chi connectivity index (χ2n) is 13.0. The van der Waals surface area contributed by atoms with Crippen LogP contribution in [0.15, 0.2) is 90.7 Å². The lowest BCUT2D eigenvalue weighted by atomic mass is 9.69. The van der Waals surface area contributed by atoms with Crippen LogP contribution in [0.3, 0.4) is 0 Å². The number of hydrogen-bond donors (Lipinski definition) is 1. The van der Waals surface area contributed by atoms with Gasteiger partial charge in [-0.15, -0.1) is 0 Å². The van der Waals surface area contributed by atoms with Crippen molar-refractivity contribution in [1.82, 2.24) is 4.98 Å². The number of aromatic nitrogens is 1. The Morgan fingerprint density at radius 3 is 2.48 bits per heavy atom. The summed E-state index contributed by atoms with van der Waals surface area (Å²) in [6.07, 6.45) is 23.7. The molecular formula is C38H41N2O2+. The lowest BCUT2D eigenvalue weighted by Gasteiger charge is -2.28. The van der Waals surface area contributed by atoms with Crippen molar-refractivity contribution in [3.8, 4) is 0 Å². The van der Waals surface area contributed by atoms with Crippen molar-refractivity contribution in [3.63, 3.8) is 0 Å². The van der Waals surface area contributed by atoms with Crippen LogP contribution >= 0.6 is 0 Å². The van der Waals surface area contributed by atoms with Gasteiger partial charge >= 0.3 is 0 Å². The Kier molecular flexibility index (Phi) is 7.17. The summed E-state index contributed by atoms with van der Waals surface area (Å²) in [6, 6.07) is 16.7. The number of fused-ring (bicyclic) bond motifs is 2. The van der Waals surface area contributed by atoms with Crippen LogP contribution in [0.2, 0.25) is 0 Å². The highest BCUT2D eigenvalue weighted by atomic mass is 16.2. The van der Waals surface area contributed by atoms with Crippen LogP contribution in [0.5, 0.6) is 0 Å². The summed E-state index contributed by atoms with van der Waals surface area (Å²) < 4.78 is 2.46. The van der Waals surface area contributed by atoms with Crippen LogP contribution in [0.25, 0.3) is 10.9 Å². The SMILES string of the molecule is CC1(CCCC2C=CC=C2)C(C=C2C(=O)C(c3c[nH]c4ccccc34)C2=O)=[N+](CCC2CCCCC2)c2ccccc21. The maximum atomic E-state index is 13.7. The van der Waals surface area contributed by atoms with Gasteiger partial charge in [-0.3, -0.25) is 9.59 Å². The smallest absolute Gasteiger partial charge is 0.209 e. The molecule has 2 saturated carbocycles. The van der Waals surface area contributed by atoms with E-state index in [-0.39, 0.29) is 17.0 Å². The number of H-pyrrole nitrogens is 1. The average Bonchev–Trinajstić information content (AvgIpc) is 3.74. The number of nitrogens with one attached hydrogen (secondary N) is 1. The first-order valence-corrected chi connectivity index (χ1v) is 16.0. The molecule has 1 N–H and O–H groups in total. The summed E-state index contributed by atoms with van der Waals surface area (Å²) in [7, 11) is 0. The van der Waals surface area contributed by atoms with Crippen LogP contribution < -0.4 is 0 Å². The van der Waals surface area contributed by atoms with Crippen molar-refractivity contribution < 1.29 is 14.2 Å². The molecule has 3 aliphatic carbocycles. The molecule has 0 spiro atoms. The topological polar surface area (TPSA) is 52.9 Å². The number of ketones is 2. The molecule has 2 heterocycles. The summed E-state index contributed by atoms with van der Waals surface area (Å²) in [5, 5.41) is 0.957. The van der Waals surface area contributed by atoms with Gasteiger partial charge in [0.05, 0.1) is 11.0 Å². The zero-order valence-corrected chi connectivity index (χ0v) is 24.6. The molecule has 7 rings (SSSR count). The average molecular weight is 558 g/mol. The maximum absolute atomic E-state index is 13.7. The Hall–Kier alpha value is -3.79. The van der Waals surface area contributed by atoms with E-state index in [1.54, 1.807) is 0 Å². The number of benzene rings is 2. The number of Topliss-reactive ketones (excluding diaryl/α,β-unsaturated/α-hetero) is 2. The Labute approximate surface area is 248 Å². The predicted octanol–water partition coefficient (Wildman–Crippen LogP) is 8.27. The molecule has 1 atom stereocenters. The molecule has 1 unspecified atom stereocenters. The van der Waals surface area contributed by atoms with Gasteiger partial charge in [0.15, 0.2) is 17.3 Å². The van der Waals surface area contributed by atoms with Crippen molar-refractivity contribution in [3.05, 3.63) is 102 Å². The Balaban J connectivity index is 1.24. The Morgan fingerprint density at radius 1 is 0.929 bits per heavy atom. The van der Waals surface area contributed by atoms with Crippen LogP contribution in [-0.4, -0.2) is 33.4 Å². The normalized spacial score (nSPS) is 24.2. The van der Waals surface area contributed by atoms with Gasteiger partial charge in [0.1, 0.15) is 12.5 Å². The zero-order valence-electron chi connectivity index (χ0n) is 24.6. The molecule has 0 amide bonds. The van der Waals surface area contributed by atoms with Gasteiger partial charge in [0.25, 0.3) is 0 Å². The summed E-state index contributed by atoms with van der Waals surface area (Å²) >= 11 is 0. The van der Waals surface area contributed by atoms with Gasteiger partial charge in [-0.05, 0) is 43.2 Å². The molecule has 2 fully saturated rings. The molecule has 4 nitrogen and oxygen atoms in total. The zero-order chi connectivity index (χ0) is 28.7. The molecule has 42 heavy (non-hydrogen) atoms.